The number of hydrogen-bond acceptors (Lipinski definition) is 9. The second-order valence-corrected chi connectivity index (χ2v) is 12.0. The van der Waals surface area contributed by atoms with Crippen molar-refractivity contribution in [1.29, 1.82) is 0 Å². The number of ether oxygens (including phenoxy) is 3. The molecule has 5 atom stereocenters. The highest BCUT2D eigenvalue weighted by Crippen LogP contribution is 2.57. The Bertz CT molecular complexity index is 1380. The first kappa shape index (κ1) is 27.0. The van der Waals surface area contributed by atoms with E-state index >= 15 is 0 Å². The van der Waals surface area contributed by atoms with Gasteiger partial charge in [0.05, 0.1) is 25.2 Å². The quantitative estimate of drug-likeness (QED) is 0.443. The van der Waals surface area contributed by atoms with Gasteiger partial charge in [0.25, 0.3) is 0 Å². The summed E-state index contributed by atoms with van der Waals surface area (Å²) in [7, 11) is 3.53. The van der Waals surface area contributed by atoms with Crippen molar-refractivity contribution in [3.63, 3.8) is 0 Å². The van der Waals surface area contributed by atoms with Gasteiger partial charge in [-0.2, -0.15) is 0 Å². The number of likely N-dealkylation sites (N-methyl/N-ethyl adjacent to an activating group) is 1. The van der Waals surface area contributed by atoms with E-state index in [-0.39, 0.29) is 54.8 Å². The van der Waals surface area contributed by atoms with Gasteiger partial charge in [-0.1, -0.05) is 19.9 Å². The highest BCUT2D eigenvalue weighted by atomic mass is 16.7. The lowest BCUT2D eigenvalue weighted by Gasteiger charge is -2.60. The molecule has 10 heteroatoms. The van der Waals surface area contributed by atoms with E-state index in [0.29, 0.717) is 42.1 Å². The van der Waals surface area contributed by atoms with Gasteiger partial charge in [-0.05, 0) is 50.8 Å². The summed E-state index contributed by atoms with van der Waals surface area (Å²) in [6.45, 7) is 7.97. The van der Waals surface area contributed by atoms with E-state index in [4.69, 9.17) is 14.2 Å². The molecule has 2 unspecified atom stereocenters. The van der Waals surface area contributed by atoms with Crippen LogP contribution in [0.3, 0.4) is 0 Å². The number of amides is 1. The van der Waals surface area contributed by atoms with Gasteiger partial charge >= 0.3 is 0 Å². The Morgan fingerprint density at radius 1 is 1.12 bits per heavy atom. The fourth-order valence-corrected chi connectivity index (χ4v) is 7.51. The number of methoxy groups -OCH3 is 1. The van der Waals surface area contributed by atoms with E-state index in [1.54, 1.807) is 7.11 Å². The Morgan fingerprint density at radius 2 is 1.85 bits per heavy atom. The fraction of sp³-hybridized carbons (Fsp3) is 0.567. The molecule has 216 valence electrons. The zero-order chi connectivity index (χ0) is 28.6. The van der Waals surface area contributed by atoms with E-state index in [1.807, 2.05) is 40.8 Å². The van der Waals surface area contributed by atoms with Crippen molar-refractivity contribution in [2.45, 2.75) is 77.4 Å². The van der Waals surface area contributed by atoms with Crippen LogP contribution in [0.5, 0.6) is 28.7 Å². The van der Waals surface area contributed by atoms with Crippen molar-refractivity contribution in [3.8, 4) is 28.7 Å². The molecule has 2 bridgehead atoms. The number of carbonyl (C=O) groups excluding carboxylic acids is 1. The Morgan fingerprint density at radius 3 is 2.55 bits per heavy atom. The lowest BCUT2D eigenvalue weighted by Crippen LogP contribution is -2.69. The number of aromatic hydroxyl groups is 2. The van der Waals surface area contributed by atoms with E-state index in [0.717, 1.165) is 27.8 Å². The number of benzene rings is 2. The summed E-state index contributed by atoms with van der Waals surface area (Å²) in [4.78, 5) is 17.0. The molecule has 10 nitrogen and oxygen atoms in total. The van der Waals surface area contributed by atoms with Crippen molar-refractivity contribution in [2.75, 3.05) is 27.5 Å². The minimum absolute atomic E-state index is 0.0405. The molecule has 1 fully saturated rings. The summed E-state index contributed by atoms with van der Waals surface area (Å²) in [6, 6.07) is 0.693. The van der Waals surface area contributed by atoms with E-state index < -0.39 is 12.3 Å². The number of aliphatic hydroxyl groups excluding tert-OH is 1. The zero-order valence-electron chi connectivity index (χ0n) is 23.9. The average Bonchev–Trinajstić information content (AvgIpc) is 3.38. The van der Waals surface area contributed by atoms with Crippen LogP contribution in [-0.2, 0) is 17.6 Å². The molecular formula is C30H39N3O7. The molecule has 0 spiro atoms. The maximum Gasteiger partial charge on any atom is 0.231 e. The minimum Gasteiger partial charge on any atom is -0.507 e. The summed E-state index contributed by atoms with van der Waals surface area (Å²) in [6.07, 6.45) is 0.464. The van der Waals surface area contributed by atoms with Gasteiger partial charge < -0.3 is 34.8 Å². The third-order valence-corrected chi connectivity index (χ3v) is 9.21. The number of nitrogens with one attached hydrogen (secondary N) is 1. The summed E-state index contributed by atoms with van der Waals surface area (Å²) in [5.74, 6) is 1.88. The van der Waals surface area contributed by atoms with Gasteiger partial charge in [0, 0.05) is 41.3 Å². The Hall–Kier alpha value is -3.21. The highest BCUT2D eigenvalue weighted by Gasteiger charge is 2.56. The molecule has 2 aromatic carbocycles. The molecule has 2 aromatic rings. The molecule has 0 saturated carbocycles. The molecule has 4 N–H and O–H groups in total. The molecule has 4 heterocycles. The van der Waals surface area contributed by atoms with Crippen LogP contribution in [0.1, 0.15) is 65.7 Å². The number of fused-ring (bicyclic) bond motifs is 9. The van der Waals surface area contributed by atoms with Gasteiger partial charge in [-0.3, -0.25) is 14.6 Å². The average molecular weight is 554 g/mol. The molecule has 4 aliphatic rings. The second-order valence-electron chi connectivity index (χ2n) is 12.0. The molecule has 6 rings (SSSR count). The SMILES string of the molecule is COc1c(C)cc2c(c1O)[C@@H]1C3Cc4c(O)c(C)c5c(c4[C@H](CNC(=O)CC(C)C)N3C(O)[C@H](C2)N1C)OCO5. The largest absolute Gasteiger partial charge is 0.507 e. The Kier molecular flexibility index (Phi) is 6.55. The third-order valence-electron chi connectivity index (χ3n) is 9.21. The molecule has 0 aliphatic carbocycles. The Balaban J connectivity index is 1.53. The second kappa shape index (κ2) is 9.71. The van der Waals surface area contributed by atoms with Crippen LogP contribution in [0, 0.1) is 19.8 Å². The van der Waals surface area contributed by atoms with Crippen molar-refractivity contribution in [2.24, 2.45) is 5.92 Å². The smallest absolute Gasteiger partial charge is 0.231 e. The number of phenols is 2. The van der Waals surface area contributed by atoms with Gasteiger partial charge in [-0.25, -0.2) is 0 Å². The molecule has 1 amide bonds. The molecule has 0 aromatic heterocycles. The van der Waals surface area contributed by atoms with Gasteiger partial charge in [0.2, 0.25) is 12.7 Å². The maximum absolute atomic E-state index is 12.8. The van der Waals surface area contributed by atoms with Gasteiger partial charge in [0.1, 0.15) is 12.0 Å². The molecule has 4 aliphatic heterocycles. The highest BCUT2D eigenvalue weighted by molar-refractivity contribution is 5.76. The fourth-order valence-electron chi connectivity index (χ4n) is 7.51. The number of piperazine rings is 1. The molecule has 1 saturated heterocycles. The van der Waals surface area contributed by atoms with E-state index in [2.05, 4.69) is 15.1 Å². The van der Waals surface area contributed by atoms with Crippen LogP contribution in [0.2, 0.25) is 0 Å². The third kappa shape index (κ3) is 3.83. The lowest BCUT2D eigenvalue weighted by molar-refractivity contribution is -0.172. The van der Waals surface area contributed by atoms with Crippen LogP contribution < -0.4 is 19.5 Å². The zero-order valence-corrected chi connectivity index (χ0v) is 23.9. The van der Waals surface area contributed by atoms with Crippen molar-refractivity contribution in [1.82, 2.24) is 15.1 Å². The van der Waals surface area contributed by atoms with Crippen molar-refractivity contribution in [3.05, 3.63) is 39.4 Å². The number of aryl methyl sites for hydroxylation is 1. The normalized spacial score (nSPS) is 26.8. The van der Waals surface area contributed by atoms with Crippen LogP contribution in [-0.4, -0.2) is 76.8 Å². The maximum atomic E-state index is 12.8. The summed E-state index contributed by atoms with van der Waals surface area (Å²) in [5, 5.41) is 38.0. The standard InChI is InChI=1S/C30H39N3O7/c1-13(2)7-21(34)31-11-20-23-17(25(35)15(4)28-29(23)40-12-39-28)10-18-24-22-16(8-14(3)27(38-6)26(22)36)9-19(32(24)5)30(37)33(18)20/h8,13,18-20,24,30,35-37H,7,9-12H2,1-6H3,(H,31,34)/t18?,19-,20-,24-,30?/m0/s1. The van der Waals surface area contributed by atoms with E-state index in [1.165, 1.54) is 0 Å². The topological polar surface area (TPSA) is 124 Å². The Labute approximate surface area is 234 Å². The first-order valence-corrected chi connectivity index (χ1v) is 14.0. The molecule has 40 heavy (non-hydrogen) atoms. The van der Waals surface area contributed by atoms with Crippen LogP contribution in [0.25, 0.3) is 0 Å². The number of hydrogen-bond donors (Lipinski definition) is 4. The van der Waals surface area contributed by atoms with Crippen LogP contribution in [0.15, 0.2) is 6.07 Å². The van der Waals surface area contributed by atoms with E-state index in [9.17, 15) is 20.1 Å². The number of nitrogens with zero attached hydrogens (tertiary/aromatic N) is 2. The molecular weight excluding hydrogens is 514 g/mol. The van der Waals surface area contributed by atoms with Gasteiger partial charge in [0.15, 0.2) is 23.0 Å². The first-order chi connectivity index (χ1) is 19.0. The van der Waals surface area contributed by atoms with Crippen molar-refractivity contribution >= 4 is 5.91 Å². The predicted molar refractivity (Wildman–Crippen MR) is 147 cm³/mol. The summed E-state index contributed by atoms with van der Waals surface area (Å²) >= 11 is 0. The van der Waals surface area contributed by atoms with Crippen LogP contribution >= 0.6 is 0 Å². The number of rotatable bonds is 5. The molecule has 0 radical (unpaired) electrons. The summed E-state index contributed by atoms with van der Waals surface area (Å²) < 4.78 is 17.3. The summed E-state index contributed by atoms with van der Waals surface area (Å²) in [5.41, 5.74) is 4.68. The van der Waals surface area contributed by atoms with Crippen LogP contribution in [0.4, 0.5) is 0 Å². The number of aliphatic hydroxyl groups is 1. The van der Waals surface area contributed by atoms with Gasteiger partial charge in [-0.15, -0.1) is 0 Å². The monoisotopic (exact) mass is 553 g/mol. The minimum atomic E-state index is -0.870. The number of carbonyl (C=O) groups is 1. The predicted octanol–water partition coefficient (Wildman–Crippen LogP) is 2.81. The van der Waals surface area contributed by atoms with Crippen molar-refractivity contribution < 1.29 is 34.3 Å². The first-order valence-electron chi connectivity index (χ1n) is 14.0. The number of phenolic OH excluding ortho intramolecular Hbond substituents is 2. The lowest BCUT2D eigenvalue weighted by atomic mass is 9.73.